The van der Waals surface area contributed by atoms with E-state index in [2.05, 4.69) is 20.9 Å². The number of carbonyl (C=O) groups is 1. The third-order valence-electron chi connectivity index (χ3n) is 1.92. The zero-order valence-electron chi connectivity index (χ0n) is 12.5. The second kappa shape index (κ2) is 8.92. The van der Waals surface area contributed by atoms with Crippen molar-refractivity contribution in [2.24, 2.45) is 0 Å². The Bertz CT molecular complexity index is 290. The molecule has 0 aromatic rings. The van der Waals surface area contributed by atoms with Crippen molar-refractivity contribution in [2.45, 2.75) is 26.4 Å². The number of thiocarbonyl (C=S) groups is 1. The molecule has 3 N–H and O–H groups in total. The maximum absolute atomic E-state index is 11.3. The predicted molar refractivity (Wildman–Crippen MR) is 81.4 cm³/mol. The number of alkyl carbamates (subject to hydrolysis) is 1. The Labute approximate surface area is 121 Å². The molecule has 0 saturated carbocycles. The summed E-state index contributed by atoms with van der Waals surface area (Å²) in [4.78, 5) is 13.4. The van der Waals surface area contributed by atoms with E-state index in [1.807, 2.05) is 34.9 Å². The van der Waals surface area contributed by atoms with Gasteiger partial charge in [0.25, 0.3) is 0 Å². The Morgan fingerprint density at radius 2 is 1.63 bits per heavy atom. The molecule has 7 heteroatoms. The molecule has 0 aliphatic rings. The molecule has 1 amide bonds. The Balaban J connectivity index is 3.53. The summed E-state index contributed by atoms with van der Waals surface area (Å²) in [7, 11) is 4.01. The van der Waals surface area contributed by atoms with Gasteiger partial charge in [0.2, 0.25) is 0 Å². The van der Waals surface area contributed by atoms with E-state index >= 15 is 0 Å². The monoisotopic (exact) mass is 290 g/mol. The number of hydrogen-bond donors (Lipinski definition) is 3. The standard InChI is InChI=1S/C12H26N4O2S/c1-12(2,3)18-11(17)15-7-6-13-10(19)14-8-9-16(4)5/h6-9H2,1-5H3,(H,15,17)(H2,13,14,19). The van der Waals surface area contributed by atoms with Gasteiger partial charge >= 0.3 is 6.09 Å². The molecule has 0 aliphatic carbocycles. The van der Waals surface area contributed by atoms with Crippen molar-refractivity contribution < 1.29 is 9.53 Å². The second-order valence-corrected chi connectivity index (χ2v) is 5.82. The molecule has 0 fully saturated rings. The number of ether oxygens (including phenoxy) is 1. The van der Waals surface area contributed by atoms with Crippen molar-refractivity contribution in [3.63, 3.8) is 0 Å². The van der Waals surface area contributed by atoms with Gasteiger partial charge in [-0.3, -0.25) is 0 Å². The molecule has 19 heavy (non-hydrogen) atoms. The first kappa shape index (κ1) is 17.9. The van der Waals surface area contributed by atoms with Gasteiger partial charge in [0.05, 0.1) is 0 Å². The molecule has 0 aromatic carbocycles. The van der Waals surface area contributed by atoms with E-state index in [1.165, 1.54) is 0 Å². The topological polar surface area (TPSA) is 65.6 Å². The highest BCUT2D eigenvalue weighted by Gasteiger charge is 2.15. The number of carbonyl (C=O) groups excluding carboxylic acids is 1. The van der Waals surface area contributed by atoms with Crippen molar-refractivity contribution in [3.05, 3.63) is 0 Å². The van der Waals surface area contributed by atoms with Gasteiger partial charge < -0.3 is 25.6 Å². The highest BCUT2D eigenvalue weighted by atomic mass is 32.1. The molecule has 0 spiro atoms. The smallest absolute Gasteiger partial charge is 0.407 e. The number of amides is 1. The zero-order valence-corrected chi connectivity index (χ0v) is 13.3. The maximum atomic E-state index is 11.3. The third-order valence-corrected chi connectivity index (χ3v) is 2.21. The van der Waals surface area contributed by atoms with Crippen LogP contribution in [0.4, 0.5) is 4.79 Å². The molecule has 0 rings (SSSR count). The molecule has 0 radical (unpaired) electrons. The fourth-order valence-corrected chi connectivity index (χ4v) is 1.31. The summed E-state index contributed by atoms with van der Waals surface area (Å²) in [6.07, 6.45) is -0.416. The van der Waals surface area contributed by atoms with Gasteiger partial charge in [0, 0.05) is 26.2 Å². The molecular formula is C12H26N4O2S. The highest BCUT2D eigenvalue weighted by molar-refractivity contribution is 7.80. The second-order valence-electron chi connectivity index (χ2n) is 5.41. The number of nitrogens with one attached hydrogen (secondary N) is 3. The molecule has 6 nitrogen and oxygen atoms in total. The van der Waals surface area contributed by atoms with Crippen LogP contribution >= 0.6 is 12.2 Å². The van der Waals surface area contributed by atoms with E-state index in [-0.39, 0.29) is 0 Å². The van der Waals surface area contributed by atoms with E-state index in [4.69, 9.17) is 17.0 Å². The minimum atomic E-state index is -0.472. The van der Waals surface area contributed by atoms with Crippen molar-refractivity contribution >= 4 is 23.4 Å². The predicted octanol–water partition coefficient (Wildman–Crippen LogP) is 0.537. The average Bonchev–Trinajstić information content (AvgIpc) is 2.21. The number of likely N-dealkylation sites (N-methyl/N-ethyl adjacent to an activating group) is 1. The maximum Gasteiger partial charge on any atom is 0.407 e. The highest BCUT2D eigenvalue weighted by Crippen LogP contribution is 2.05. The van der Waals surface area contributed by atoms with Crippen LogP contribution < -0.4 is 16.0 Å². The van der Waals surface area contributed by atoms with E-state index in [9.17, 15) is 4.79 Å². The summed E-state index contributed by atoms with van der Waals surface area (Å²) >= 11 is 5.09. The quantitative estimate of drug-likeness (QED) is 0.490. The van der Waals surface area contributed by atoms with Crippen LogP contribution in [0.3, 0.4) is 0 Å². The van der Waals surface area contributed by atoms with Crippen LogP contribution in [0.15, 0.2) is 0 Å². The minimum absolute atomic E-state index is 0.416. The van der Waals surface area contributed by atoms with Gasteiger partial charge in [-0.05, 0) is 47.1 Å². The number of rotatable bonds is 6. The van der Waals surface area contributed by atoms with Crippen molar-refractivity contribution in [1.29, 1.82) is 0 Å². The van der Waals surface area contributed by atoms with Gasteiger partial charge in [-0.25, -0.2) is 4.79 Å². The van der Waals surface area contributed by atoms with E-state index < -0.39 is 11.7 Å². The Morgan fingerprint density at radius 1 is 1.11 bits per heavy atom. The summed E-state index contributed by atoms with van der Waals surface area (Å²) in [6, 6.07) is 0. The average molecular weight is 290 g/mol. The largest absolute Gasteiger partial charge is 0.444 e. The van der Waals surface area contributed by atoms with Crippen LogP contribution in [0.25, 0.3) is 0 Å². The van der Waals surface area contributed by atoms with E-state index in [0.29, 0.717) is 18.2 Å². The Hall–Kier alpha value is -1.08. The van der Waals surface area contributed by atoms with Crippen LogP contribution in [-0.4, -0.2) is 62.0 Å². The molecule has 0 aliphatic heterocycles. The van der Waals surface area contributed by atoms with Crippen molar-refractivity contribution in [1.82, 2.24) is 20.9 Å². The molecule has 0 atom stereocenters. The summed E-state index contributed by atoms with van der Waals surface area (Å²) in [5, 5.41) is 9.32. The van der Waals surface area contributed by atoms with E-state index in [1.54, 1.807) is 0 Å². The fraction of sp³-hybridized carbons (Fsp3) is 0.833. The fourth-order valence-electron chi connectivity index (χ4n) is 1.11. The third kappa shape index (κ3) is 13.2. The number of nitrogens with zero attached hydrogens (tertiary/aromatic N) is 1. The summed E-state index contributed by atoms with van der Waals surface area (Å²) < 4.78 is 5.10. The molecule has 0 heterocycles. The van der Waals surface area contributed by atoms with Crippen molar-refractivity contribution in [3.8, 4) is 0 Å². The van der Waals surface area contributed by atoms with Crippen LogP contribution in [0, 0.1) is 0 Å². The normalized spacial score (nSPS) is 11.1. The molecular weight excluding hydrogens is 264 g/mol. The summed E-state index contributed by atoms with van der Waals surface area (Å²) in [5.41, 5.74) is -0.472. The SMILES string of the molecule is CN(C)CCNC(=S)NCCNC(=O)OC(C)(C)C. The van der Waals surface area contributed by atoms with Gasteiger partial charge in [0.15, 0.2) is 5.11 Å². The zero-order chi connectivity index (χ0) is 14.9. The Morgan fingerprint density at radius 3 is 2.16 bits per heavy atom. The molecule has 0 unspecified atom stereocenters. The van der Waals surface area contributed by atoms with E-state index in [0.717, 1.165) is 13.1 Å². The molecule has 0 bridgehead atoms. The molecule has 0 aromatic heterocycles. The first-order valence-corrected chi connectivity index (χ1v) is 6.75. The first-order valence-electron chi connectivity index (χ1n) is 6.34. The minimum Gasteiger partial charge on any atom is -0.444 e. The lowest BCUT2D eigenvalue weighted by Crippen LogP contribution is -2.42. The lowest BCUT2D eigenvalue weighted by molar-refractivity contribution is 0.0529. The molecule has 112 valence electrons. The number of hydrogen-bond acceptors (Lipinski definition) is 4. The van der Waals surface area contributed by atoms with Crippen LogP contribution in [0.5, 0.6) is 0 Å². The van der Waals surface area contributed by atoms with Crippen molar-refractivity contribution in [2.75, 3.05) is 40.3 Å². The lowest BCUT2D eigenvalue weighted by atomic mass is 10.2. The van der Waals surface area contributed by atoms with Gasteiger partial charge in [-0.15, -0.1) is 0 Å². The van der Waals surface area contributed by atoms with Crippen LogP contribution in [-0.2, 0) is 4.74 Å². The summed E-state index contributed by atoms with van der Waals surface area (Å²) in [6.45, 7) is 8.21. The van der Waals surface area contributed by atoms with Crippen LogP contribution in [0.1, 0.15) is 20.8 Å². The van der Waals surface area contributed by atoms with Gasteiger partial charge in [-0.2, -0.15) is 0 Å². The van der Waals surface area contributed by atoms with Crippen LogP contribution in [0.2, 0.25) is 0 Å². The summed E-state index contributed by atoms with van der Waals surface area (Å²) in [5.74, 6) is 0. The van der Waals surface area contributed by atoms with Gasteiger partial charge in [-0.1, -0.05) is 0 Å². The van der Waals surface area contributed by atoms with Gasteiger partial charge in [0.1, 0.15) is 5.60 Å². The first-order chi connectivity index (χ1) is 8.70. The lowest BCUT2D eigenvalue weighted by Gasteiger charge is -2.19. The Kier molecular flexibility index (Phi) is 8.42. The molecule has 0 saturated heterocycles.